The zero-order valence-corrected chi connectivity index (χ0v) is 9.87. The summed E-state index contributed by atoms with van der Waals surface area (Å²) in [5, 5.41) is 20.5. The van der Waals surface area contributed by atoms with Crippen LogP contribution in [-0.2, 0) is 4.79 Å². The van der Waals surface area contributed by atoms with E-state index in [1.807, 2.05) is 0 Å². The first kappa shape index (κ1) is 11.1. The zero-order valence-electron chi connectivity index (χ0n) is 9.87. The molecule has 0 aromatic carbocycles. The number of aliphatic hydroxyl groups is 2. The summed E-state index contributed by atoms with van der Waals surface area (Å²) in [4.78, 5) is 11.5. The minimum atomic E-state index is -1.54. The summed E-state index contributed by atoms with van der Waals surface area (Å²) in [6.07, 6.45) is 0.938. The number of Topliss-reactive ketones (excluding diaryl/α,β-unsaturated/α-hetero) is 1. The topological polar surface area (TPSA) is 57.5 Å². The molecule has 0 amide bonds. The molecule has 3 heteroatoms. The second-order valence-electron chi connectivity index (χ2n) is 6.13. The largest absolute Gasteiger partial charge is 0.387 e. The summed E-state index contributed by atoms with van der Waals surface area (Å²) in [6.45, 7) is 7.23. The molecule has 4 atom stereocenters. The summed E-state index contributed by atoms with van der Waals surface area (Å²) in [5.41, 5.74) is -2.64. The van der Waals surface area contributed by atoms with Crippen molar-refractivity contribution in [3.05, 3.63) is 0 Å². The highest BCUT2D eigenvalue weighted by Gasteiger charge is 2.69. The van der Waals surface area contributed by atoms with Crippen molar-refractivity contribution in [1.29, 1.82) is 0 Å². The number of hydrogen-bond acceptors (Lipinski definition) is 3. The van der Waals surface area contributed by atoms with Crippen LogP contribution in [-0.4, -0.2) is 27.2 Å². The molecule has 0 radical (unpaired) electrons. The molecule has 0 aromatic rings. The molecule has 2 N–H and O–H groups in total. The second kappa shape index (κ2) is 2.64. The third-order valence-electron chi connectivity index (χ3n) is 4.89. The van der Waals surface area contributed by atoms with Gasteiger partial charge in [0.2, 0.25) is 0 Å². The van der Waals surface area contributed by atoms with Crippen molar-refractivity contribution in [3.63, 3.8) is 0 Å². The number of carbonyl (C=O) groups excluding carboxylic acids is 1. The third kappa shape index (κ3) is 1.23. The van der Waals surface area contributed by atoms with Gasteiger partial charge in [0.05, 0.1) is 5.60 Å². The molecule has 2 fully saturated rings. The lowest BCUT2D eigenvalue weighted by atomic mass is 9.71. The molecule has 2 unspecified atom stereocenters. The minimum Gasteiger partial charge on any atom is -0.387 e. The first-order valence-electron chi connectivity index (χ1n) is 5.59. The van der Waals surface area contributed by atoms with Crippen molar-refractivity contribution in [2.45, 2.75) is 51.7 Å². The maximum Gasteiger partial charge on any atom is 0.164 e. The first-order valence-corrected chi connectivity index (χ1v) is 5.59. The molecular formula is C12H20O3. The van der Waals surface area contributed by atoms with Crippen LogP contribution in [0.5, 0.6) is 0 Å². The quantitative estimate of drug-likeness (QED) is 0.685. The molecule has 0 bridgehead atoms. The van der Waals surface area contributed by atoms with E-state index >= 15 is 0 Å². The standard InChI is InChI=1S/C12H20O3/c1-7(13)12(15)6-9-8(10(9,2)3)5-11(12,4)14/h8-9,14-15H,5-6H2,1-4H3/t8?,9?,11-,12+/m0/s1. The lowest BCUT2D eigenvalue weighted by Crippen LogP contribution is -2.59. The van der Waals surface area contributed by atoms with E-state index in [1.165, 1.54) is 6.92 Å². The molecule has 15 heavy (non-hydrogen) atoms. The molecule has 0 aliphatic heterocycles. The second-order valence-corrected chi connectivity index (χ2v) is 6.13. The van der Waals surface area contributed by atoms with E-state index in [0.29, 0.717) is 24.7 Å². The Kier molecular flexibility index (Phi) is 1.95. The predicted molar refractivity (Wildman–Crippen MR) is 56.2 cm³/mol. The van der Waals surface area contributed by atoms with Crippen molar-refractivity contribution in [1.82, 2.24) is 0 Å². The van der Waals surface area contributed by atoms with E-state index in [9.17, 15) is 15.0 Å². The van der Waals surface area contributed by atoms with Gasteiger partial charge in [-0.3, -0.25) is 4.79 Å². The molecule has 86 valence electrons. The lowest BCUT2D eigenvalue weighted by molar-refractivity contribution is -0.180. The van der Waals surface area contributed by atoms with Gasteiger partial charge < -0.3 is 10.2 Å². The minimum absolute atomic E-state index is 0.171. The highest BCUT2D eigenvalue weighted by Crippen LogP contribution is 2.68. The molecule has 0 heterocycles. The van der Waals surface area contributed by atoms with Crippen LogP contribution in [0.4, 0.5) is 0 Å². The fourth-order valence-corrected chi connectivity index (χ4v) is 3.33. The van der Waals surface area contributed by atoms with Gasteiger partial charge in [0.15, 0.2) is 11.4 Å². The Balaban J connectivity index is 2.32. The first-order chi connectivity index (χ1) is 6.63. The average Bonchev–Trinajstić information content (AvgIpc) is 2.53. The number of ketones is 1. The van der Waals surface area contributed by atoms with Crippen LogP contribution in [0.3, 0.4) is 0 Å². The maximum absolute atomic E-state index is 11.5. The van der Waals surface area contributed by atoms with Gasteiger partial charge in [-0.2, -0.15) is 0 Å². The highest BCUT2D eigenvalue weighted by atomic mass is 16.4. The number of rotatable bonds is 1. The summed E-state index contributed by atoms with van der Waals surface area (Å²) in [6, 6.07) is 0. The Hall–Kier alpha value is -0.410. The molecule has 2 saturated carbocycles. The Morgan fingerprint density at radius 1 is 1.13 bits per heavy atom. The summed E-state index contributed by atoms with van der Waals surface area (Å²) < 4.78 is 0. The summed E-state index contributed by atoms with van der Waals surface area (Å²) in [7, 11) is 0. The van der Waals surface area contributed by atoms with Gasteiger partial charge in [-0.1, -0.05) is 13.8 Å². The van der Waals surface area contributed by atoms with E-state index in [4.69, 9.17) is 0 Å². The van der Waals surface area contributed by atoms with Crippen LogP contribution >= 0.6 is 0 Å². The SMILES string of the molecule is CC(=O)[C@]1(O)CC2C(C[C@]1(C)O)C2(C)C. The molecule has 3 nitrogen and oxygen atoms in total. The van der Waals surface area contributed by atoms with Crippen LogP contribution in [0.15, 0.2) is 0 Å². The Bertz CT molecular complexity index is 319. The van der Waals surface area contributed by atoms with Gasteiger partial charge in [0.1, 0.15) is 0 Å². The number of fused-ring (bicyclic) bond motifs is 1. The molecule has 0 spiro atoms. The molecular weight excluding hydrogens is 192 g/mol. The summed E-state index contributed by atoms with van der Waals surface area (Å²) in [5.74, 6) is 0.521. The van der Waals surface area contributed by atoms with Crippen LogP contribution in [0.1, 0.15) is 40.5 Å². The summed E-state index contributed by atoms with van der Waals surface area (Å²) >= 11 is 0. The van der Waals surface area contributed by atoms with E-state index in [-0.39, 0.29) is 11.2 Å². The van der Waals surface area contributed by atoms with Gasteiger partial charge in [-0.05, 0) is 43.9 Å². The van der Waals surface area contributed by atoms with Crippen molar-refractivity contribution < 1.29 is 15.0 Å². The highest BCUT2D eigenvalue weighted by molar-refractivity contribution is 5.86. The molecule has 2 rings (SSSR count). The van der Waals surface area contributed by atoms with Gasteiger partial charge in [0, 0.05) is 0 Å². The van der Waals surface area contributed by atoms with E-state index in [2.05, 4.69) is 13.8 Å². The monoisotopic (exact) mass is 212 g/mol. The van der Waals surface area contributed by atoms with E-state index in [0.717, 1.165) is 0 Å². The number of hydrogen-bond donors (Lipinski definition) is 2. The van der Waals surface area contributed by atoms with Crippen LogP contribution in [0.25, 0.3) is 0 Å². The zero-order chi connectivity index (χ0) is 11.6. The Morgan fingerprint density at radius 2 is 1.60 bits per heavy atom. The van der Waals surface area contributed by atoms with Gasteiger partial charge in [-0.15, -0.1) is 0 Å². The van der Waals surface area contributed by atoms with Crippen molar-refractivity contribution >= 4 is 5.78 Å². The maximum atomic E-state index is 11.5. The molecule has 0 saturated heterocycles. The smallest absolute Gasteiger partial charge is 0.164 e. The van der Waals surface area contributed by atoms with Gasteiger partial charge in [-0.25, -0.2) is 0 Å². The average molecular weight is 212 g/mol. The normalized spacial score (nSPS) is 52.1. The van der Waals surface area contributed by atoms with Crippen molar-refractivity contribution in [2.24, 2.45) is 17.3 Å². The van der Waals surface area contributed by atoms with Gasteiger partial charge >= 0.3 is 0 Å². The van der Waals surface area contributed by atoms with Crippen LogP contribution in [0.2, 0.25) is 0 Å². The fraction of sp³-hybridized carbons (Fsp3) is 0.917. The third-order valence-corrected chi connectivity index (χ3v) is 4.89. The predicted octanol–water partition coefficient (Wildman–Crippen LogP) is 1.12. The van der Waals surface area contributed by atoms with E-state index in [1.54, 1.807) is 6.92 Å². The van der Waals surface area contributed by atoms with Crippen LogP contribution < -0.4 is 0 Å². The number of carbonyl (C=O) groups is 1. The lowest BCUT2D eigenvalue weighted by Gasteiger charge is -2.42. The Morgan fingerprint density at radius 3 is 2.07 bits per heavy atom. The molecule has 2 aliphatic rings. The van der Waals surface area contributed by atoms with Crippen LogP contribution in [0, 0.1) is 17.3 Å². The molecule has 2 aliphatic carbocycles. The van der Waals surface area contributed by atoms with E-state index < -0.39 is 11.2 Å². The van der Waals surface area contributed by atoms with Gasteiger partial charge in [0.25, 0.3) is 0 Å². The van der Waals surface area contributed by atoms with Crippen molar-refractivity contribution in [2.75, 3.05) is 0 Å². The van der Waals surface area contributed by atoms with Crippen molar-refractivity contribution in [3.8, 4) is 0 Å². The fourth-order valence-electron chi connectivity index (χ4n) is 3.33. The Labute approximate surface area is 90.5 Å². The molecule has 0 aromatic heterocycles.